The fraction of sp³-hybridized carbons (Fsp3) is 0.500. The van der Waals surface area contributed by atoms with Crippen LogP contribution in [0, 0.1) is 5.41 Å². The van der Waals surface area contributed by atoms with Crippen LogP contribution in [0.15, 0.2) is 18.2 Å². The molecular weight excluding hydrogens is 287 g/mol. The molecule has 21 heavy (non-hydrogen) atoms. The number of aromatic carboxylic acids is 1. The van der Waals surface area contributed by atoms with Crippen molar-refractivity contribution in [2.75, 3.05) is 5.32 Å². The summed E-state index contributed by atoms with van der Waals surface area (Å²) in [5.41, 5.74) is -1.76. The van der Waals surface area contributed by atoms with Gasteiger partial charge in [-0.05, 0) is 24.6 Å². The number of anilines is 1. The fourth-order valence-electron chi connectivity index (χ4n) is 2.36. The van der Waals surface area contributed by atoms with Gasteiger partial charge in [0.2, 0.25) is 0 Å². The molecule has 1 aromatic carbocycles. The molecular formula is C14H16F3NO3. The van der Waals surface area contributed by atoms with Crippen LogP contribution >= 0.6 is 0 Å². The van der Waals surface area contributed by atoms with Crippen LogP contribution in [0.2, 0.25) is 0 Å². The highest BCUT2D eigenvalue weighted by Gasteiger charge is 2.47. The number of nitrogens with one attached hydrogen (secondary N) is 1. The Morgan fingerprint density at radius 2 is 2.00 bits per heavy atom. The topological polar surface area (TPSA) is 69.6 Å². The van der Waals surface area contributed by atoms with E-state index in [1.807, 2.05) is 13.8 Å². The van der Waals surface area contributed by atoms with Crippen LogP contribution in [-0.2, 0) is 6.18 Å². The van der Waals surface area contributed by atoms with Gasteiger partial charge in [0, 0.05) is 17.1 Å². The quantitative estimate of drug-likeness (QED) is 0.803. The van der Waals surface area contributed by atoms with Gasteiger partial charge < -0.3 is 15.5 Å². The number of carboxylic acids is 1. The average molecular weight is 303 g/mol. The summed E-state index contributed by atoms with van der Waals surface area (Å²) in [6, 6.07) is 2.39. The van der Waals surface area contributed by atoms with Gasteiger partial charge in [0.15, 0.2) is 0 Å². The minimum Gasteiger partial charge on any atom is -0.478 e. The van der Waals surface area contributed by atoms with Gasteiger partial charge in [-0.1, -0.05) is 13.8 Å². The number of hydrogen-bond donors (Lipinski definition) is 3. The van der Waals surface area contributed by atoms with Crippen LogP contribution < -0.4 is 5.32 Å². The van der Waals surface area contributed by atoms with E-state index >= 15 is 0 Å². The van der Waals surface area contributed by atoms with E-state index < -0.39 is 34.8 Å². The van der Waals surface area contributed by atoms with E-state index in [0.717, 1.165) is 12.1 Å². The van der Waals surface area contributed by atoms with Gasteiger partial charge in [-0.15, -0.1) is 0 Å². The summed E-state index contributed by atoms with van der Waals surface area (Å²) in [7, 11) is 0. The molecule has 0 aliphatic heterocycles. The Morgan fingerprint density at radius 1 is 1.38 bits per heavy atom. The van der Waals surface area contributed by atoms with Gasteiger partial charge in [-0.2, -0.15) is 13.2 Å². The second-order valence-electron chi connectivity index (χ2n) is 5.83. The normalized spacial score (nSPS) is 24.3. The monoisotopic (exact) mass is 303 g/mol. The predicted octanol–water partition coefficient (Wildman–Crippen LogP) is 2.97. The molecule has 7 heteroatoms. The summed E-state index contributed by atoms with van der Waals surface area (Å²) in [6.07, 6.45) is -4.68. The molecule has 0 radical (unpaired) electrons. The molecule has 1 saturated carbocycles. The predicted molar refractivity (Wildman–Crippen MR) is 70.2 cm³/mol. The lowest BCUT2D eigenvalue weighted by atomic mass is 9.64. The van der Waals surface area contributed by atoms with Crippen molar-refractivity contribution in [3.63, 3.8) is 0 Å². The molecule has 1 aliphatic carbocycles. The van der Waals surface area contributed by atoms with Gasteiger partial charge in [0.25, 0.3) is 0 Å². The summed E-state index contributed by atoms with van der Waals surface area (Å²) >= 11 is 0. The molecule has 116 valence electrons. The third-order valence-electron chi connectivity index (χ3n) is 4.12. The number of aliphatic hydroxyl groups is 1. The molecule has 0 spiro atoms. The molecule has 2 rings (SSSR count). The Hall–Kier alpha value is -1.76. The van der Waals surface area contributed by atoms with Gasteiger partial charge in [-0.3, -0.25) is 0 Å². The van der Waals surface area contributed by atoms with Crippen molar-refractivity contribution in [3.8, 4) is 0 Å². The molecule has 4 nitrogen and oxygen atoms in total. The molecule has 0 heterocycles. The maximum Gasteiger partial charge on any atom is 0.416 e. The highest BCUT2D eigenvalue weighted by molar-refractivity contribution is 5.94. The molecule has 1 fully saturated rings. The van der Waals surface area contributed by atoms with E-state index in [2.05, 4.69) is 5.32 Å². The maximum absolute atomic E-state index is 12.6. The number of hydrogen-bond acceptors (Lipinski definition) is 3. The minimum atomic E-state index is -4.59. The highest BCUT2D eigenvalue weighted by Crippen LogP contribution is 2.43. The lowest BCUT2D eigenvalue weighted by molar-refractivity contribution is -0.137. The zero-order chi connectivity index (χ0) is 16.0. The number of alkyl halides is 3. The van der Waals surface area contributed by atoms with Crippen molar-refractivity contribution in [3.05, 3.63) is 29.3 Å². The van der Waals surface area contributed by atoms with Crippen molar-refractivity contribution >= 4 is 11.7 Å². The van der Waals surface area contributed by atoms with Crippen molar-refractivity contribution in [1.29, 1.82) is 0 Å². The Bertz CT molecular complexity index is 569. The van der Waals surface area contributed by atoms with Crippen LogP contribution in [0.4, 0.5) is 18.9 Å². The standard InChI is InChI=1S/C14H16F3NO3/c1-13(2)10(6-11(13)19)18-9-4-3-7(14(15,16)17)5-8(9)12(20)21/h3-5,10-11,18-19H,6H2,1-2H3,(H,20,21). The molecule has 0 saturated heterocycles. The van der Waals surface area contributed by atoms with Gasteiger partial charge in [0.1, 0.15) is 0 Å². The lowest BCUT2D eigenvalue weighted by Gasteiger charge is -2.50. The van der Waals surface area contributed by atoms with Crippen LogP contribution in [0.5, 0.6) is 0 Å². The van der Waals surface area contributed by atoms with Gasteiger partial charge >= 0.3 is 12.1 Å². The number of halogens is 3. The smallest absolute Gasteiger partial charge is 0.416 e. The highest BCUT2D eigenvalue weighted by atomic mass is 19.4. The first-order valence-corrected chi connectivity index (χ1v) is 6.42. The molecule has 0 bridgehead atoms. The number of rotatable bonds is 3. The second kappa shape index (κ2) is 4.91. The van der Waals surface area contributed by atoms with Gasteiger partial charge in [0.05, 0.1) is 17.2 Å². The first-order chi connectivity index (χ1) is 9.53. The Kier molecular flexibility index (Phi) is 3.65. The lowest BCUT2D eigenvalue weighted by Crippen LogP contribution is -2.57. The zero-order valence-electron chi connectivity index (χ0n) is 11.5. The summed E-state index contributed by atoms with van der Waals surface area (Å²) in [4.78, 5) is 11.2. The number of benzene rings is 1. The summed E-state index contributed by atoms with van der Waals surface area (Å²) in [5.74, 6) is -1.43. The van der Waals surface area contributed by atoms with E-state index in [0.29, 0.717) is 12.5 Å². The first-order valence-electron chi connectivity index (χ1n) is 6.42. The molecule has 0 aromatic heterocycles. The summed E-state index contributed by atoms with van der Waals surface area (Å²) < 4.78 is 37.9. The number of carbonyl (C=O) groups is 1. The third-order valence-corrected chi connectivity index (χ3v) is 4.12. The van der Waals surface area contributed by atoms with Crippen LogP contribution in [-0.4, -0.2) is 28.3 Å². The Labute approximate surface area is 119 Å². The molecule has 2 unspecified atom stereocenters. The fourth-order valence-corrected chi connectivity index (χ4v) is 2.36. The van der Waals surface area contributed by atoms with Crippen LogP contribution in [0.3, 0.4) is 0 Å². The Morgan fingerprint density at radius 3 is 2.43 bits per heavy atom. The third kappa shape index (κ3) is 2.83. The van der Waals surface area contributed by atoms with E-state index in [1.165, 1.54) is 0 Å². The summed E-state index contributed by atoms with van der Waals surface area (Å²) in [5, 5.41) is 21.7. The van der Waals surface area contributed by atoms with E-state index in [9.17, 15) is 23.1 Å². The number of aliphatic hydroxyl groups excluding tert-OH is 1. The SMILES string of the molecule is CC1(C)C(O)CC1Nc1ccc(C(F)(F)F)cc1C(=O)O. The molecule has 0 amide bonds. The van der Waals surface area contributed by atoms with Crippen LogP contribution in [0.25, 0.3) is 0 Å². The van der Waals surface area contributed by atoms with Crippen LogP contribution in [0.1, 0.15) is 36.2 Å². The first kappa shape index (κ1) is 15.6. The van der Waals surface area contributed by atoms with Crippen molar-refractivity contribution in [2.45, 2.75) is 38.6 Å². The average Bonchev–Trinajstić information content (AvgIpc) is 2.37. The zero-order valence-corrected chi connectivity index (χ0v) is 11.5. The van der Waals surface area contributed by atoms with Crippen molar-refractivity contribution in [2.24, 2.45) is 5.41 Å². The molecule has 1 aliphatic rings. The largest absolute Gasteiger partial charge is 0.478 e. The number of carboxylic acid groups (broad SMARTS) is 1. The van der Waals surface area contributed by atoms with E-state index in [4.69, 9.17) is 5.11 Å². The van der Waals surface area contributed by atoms with E-state index in [1.54, 1.807) is 0 Å². The van der Waals surface area contributed by atoms with Crippen molar-refractivity contribution in [1.82, 2.24) is 0 Å². The summed E-state index contributed by atoms with van der Waals surface area (Å²) in [6.45, 7) is 3.62. The second-order valence-corrected chi connectivity index (χ2v) is 5.83. The van der Waals surface area contributed by atoms with E-state index in [-0.39, 0.29) is 11.7 Å². The molecule has 2 atom stereocenters. The van der Waals surface area contributed by atoms with Gasteiger partial charge in [-0.25, -0.2) is 4.79 Å². The molecule has 3 N–H and O–H groups in total. The molecule has 1 aromatic rings. The Balaban J connectivity index is 2.30. The maximum atomic E-state index is 12.6. The van der Waals surface area contributed by atoms with Crippen molar-refractivity contribution < 1.29 is 28.2 Å². The minimum absolute atomic E-state index is 0.125.